The van der Waals surface area contributed by atoms with E-state index in [2.05, 4.69) is 29.5 Å². The molecule has 22 heavy (non-hydrogen) atoms. The lowest BCUT2D eigenvalue weighted by molar-refractivity contribution is 0.193. The molecule has 0 aromatic carbocycles. The Morgan fingerprint density at radius 1 is 1.27 bits per heavy atom. The second kappa shape index (κ2) is 13.9. The Bertz CT molecular complexity index is 381. The Labute approximate surface area is 151 Å². The minimum Gasteiger partial charge on any atom is -0.469 e. The van der Waals surface area contributed by atoms with Crippen molar-refractivity contribution in [3.05, 3.63) is 24.2 Å². The van der Waals surface area contributed by atoms with Gasteiger partial charge in [-0.05, 0) is 30.9 Å². The van der Waals surface area contributed by atoms with Crippen molar-refractivity contribution in [2.75, 3.05) is 33.4 Å². The summed E-state index contributed by atoms with van der Waals surface area (Å²) in [7, 11) is 1.74. The van der Waals surface area contributed by atoms with E-state index in [1.54, 1.807) is 13.4 Å². The van der Waals surface area contributed by atoms with Gasteiger partial charge in [0.1, 0.15) is 5.76 Å². The van der Waals surface area contributed by atoms with Gasteiger partial charge < -0.3 is 19.8 Å². The molecule has 0 aliphatic heterocycles. The van der Waals surface area contributed by atoms with E-state index in [0.29, 0.717) is 5.92 Å². The molecule has 2 N–H and O–H groups in total. The number of methoxy groups -OCH3 is 1. The summed E-state index contributed by atoms with van der Waals surface area (Å²) in [6.07, 6.45) is 4.71. The highest BCUT2D eigenvalue weighted by Crippen LogP contribution is 1.99. The average molecular weight is 423 g/mol. The number of aliphatic imine (C=N–C) groups is 1. The van der Waals surface area contributed by atoms with Crippen LogP contribution >= 0.6 is 24.0 Å². The first kappa shape index (κ1) is 21.2. The fourth-order valence-corrected chi connectivity index (χ4v) is 1.79. The van der Waals surface area contributed by atoms with Crippen LogP contribution in [-0.4, -0.2) is 39.3 Å². The summed E-state index contributed by atoms with van der Waals surface area (Å²) < 4.78 is 10.4. The Kier molecular flexibility index (Phi) is 13.4. The topological polar surface area (TPSA) is 58.8 Å². The number of halogens is 1. The van der Waals surface area contributed by atoms with E-state index in [0.717, 1.165) is 57.2 Å². The molecular weight excluding hydrogens is 393 g/mol. The minimum absolute atomic E-state index is 0. The first-order valence-electron chi connectivity index (χ1n) is 7.76. The van der Waals surface area contributed by atoms with Crippen molar-refractivity contribution in [3.63, 3.8) is 0 Å². The van der Waals surface area contributed by atoms with E-state index in [9.17, 15) is 0 Å². The maximum Gasteiger partial charge on any atom is 0.191 e. The van der Waals surface area contributed by atoms with Crippen LogP contribution in [0.1, 0.15) is 32.4 Å². The summed E-state index contributed by atoms with van der Waals surface area (Å²) in [6, 6.07) is 3.90. The van der Waals surface area contributed by atoms with Gasteiger partial charge in [-0.2, -0.15) is 0 Å². The first-order valence-corrected chi connectivity index (χ1v) is 7.76. The smallest absolute Gasteiger partial charge is 0.191 e. The molecule has 1 aromatic rings. The molecule has 0 spiro atoms. The fourth-order valence-electron chi connectivity index (χ4n) is 1.79. The molecule has 0 saturated carbocycles. The van der Waals surface area contributed by atoms with Gasteiger partial charge in [0.2, 0.25) is 0 Å². The van der Waals surface area contributed by atoms with Gasteiger partial charge in [-0.3, -0.25) is 4.99 Å². The molecule has 0 fully saturated rings. The predicted molar refractivity (Wildman–Crippen MR) is 102 cm³/mol. The summed E-state index contributed by atoms with van der Waals surface area (Å²) in [6.45, 7) is 7.70. The normalized spacial score (nSPS) is 11.4. The Morgan fingerprint density at radius 3 is 2.68 bits per heavy atom. The van der Waals surface area contributed by atoms with Gasteiger partial charge in [-0.25, -0.2) is 0 Å². The molecule has 5 nitrogen and oxygen atoms in total. The molecule has 1 aromatic heterocycles. The van der Waals surface area contributed by atoms with Gasteiger partial charge in [0, 0.05) is 39.8 Å². The second-order valence-electron chi connectivity index (χ2n) is 5.47. The molecule has 1 rings (SSSR count). The lowest BCUT2D eigenvalue weighted by atomic mass is 10.2. The third-order valence-electron chi connectivity index (χ3n) is 2.93. The molecule has 6 heteroatoms. The lowest BCUT2D eigenvalue weighted by Crippen LogP contribution is -2.39. The standard InChI is InChI=1S/C16H29N3O2.HI/c1-14(2)13-19-16(17-9-4-5-11-20-3)18-10-8-15-7-6-12-21-15;/h6-7,12,14H,4-5,8-11,13H2,1-3H3,(H2,17,18,19);1H. The molecule has 0 bridgehead atoms. The predicted octanol–water partition coefficient (Wildman–Crippen LogP) is 3.06. The van der Waals surface area contributed by atoms with Gasteiger partial charge in [0.25, 0.3) is 0 Å². The maximum atomic E-state index is 5.32. The fraction of sp³-hybridized carbons (Fsp3) is 0.688. The highest BCUT2D eigenvalue weighted by Gasteiger charge is 2.01. The Morgan fingerprint density at radius 2 is 2.05 bits per heavy atom. The molecular formula is C16H30IN3O2. The third kappa shape index (κ3) is 10.9. The van der Waals surface area contributed by atoms with Crippen LogP contribution in [0.2, 0.25) is 0 Å². The molecule has 1 heterocycles. The summed E-state index contributed by atoms with van der Waals surface area (Å²) in [4.78, 5) is 4.59. The van der Waals surface area contributed by atoms with Crippen LogP contribution in [-0.2, 0) is 11.2 Å². The van der Waals surface area contributed by atoms with Gasteiger partial charge >= 0.3 is 0 Å². The van der Waals surface area contributed by atoms with Crippen LogP contribution in [0.4, 0.5) is 0 Å². The molecule has 0 radical (unpaired) electrons. The van der Waals surface area contributed by atoms with Gasteiger partial charge in [-0.15, -0.1) is 24.0 Å². The van der Waals surface area contributed by atoms with Crippen molar-refractivity contribution in [2.45, 2.75) is 33.1 Å². The number of ether oxygens (including phenoxy) is 1. The van der Waals surface area contributed by atoms with Crippen LogP contribution in [0.3, 0.4) is 0 Å². The minimum atomic E-state index is 0. The van der Waals surface area contributed by atoms with Crippen LogP contribution in [0.5, 0.6) is 0 Å². The second-order valence-corrected chi connectivity index (χ2v) is 5.47. The van der Waals surface area contributed by atoms with Crippen LogP contribution in [0.25, 0.3) is 0 Å². The van der Waals surface area contributed by atoms with Crippen molar-refractivity contribution in [1.82, 2.24) is 10.6 Å². The molecule has 0 aliphatic carbocycles. The molecule has 0 atom stereocenters. The van der Waals surface area contributed by atoms with E-state index >= 15 is 0 Å². The molecule has 0 aliphatic rings. The Hall–Kier alpha value is -0.760. The van der Waals surface area contributed by atoms with Crippen molar-refractivity contribution >= 4 is 29.9 Å². The number of nitrogens with one attached hydrogen (secondary N) is 2. The van der Waals surface area contributed by atoms with E-state index < -0.39 is 0 Å². The van der Waals surface area contributed by atoms with Crippen molar-refractivity contribution < 1.29 is 9.15 Å². The van der Waals surface area contributed by atoms with Crippen LogP contribution < -0.4 is 10.6 Å². The summed E-state index contributed by atoms with van der Waals surface area (Å²) in [5.41, 5.74) is 0. The quantitative estimate of drug-likeness (QED) is 0.263. The first-order chi connectivity index (χ1) is 10.2. The number of guanidine groups is 1. The zero-order valence-corrected chi connectivity index (χ0v) is 16.3. The Balaban J connectivity index is 0.00000441. The zero-order chi connectivity index (χ0) is 15.3. The van der Waals surface area contributed by atoms with E-state index in [1.165, 1.54) is 0 Å². The summed E-state index contributed by atoms with van der Waals surface area (Å²) in [5.74, 6) is 2.43. The number of nitrogens with zero attached hydrogens (tertiary/aromatic N) is 1. The number of unbranched alkanes of at least 4 members (excludes halogenated alkanes) is 1. The number of rotatable bonds is 10. The maximum absolute atomic E-state index is 5.32. The van der Waals surface area contributed by atoms with E-state index in [4.69, 9.17) is 9.15 Å². The van der Waals surface area contributed by atoms with Crippen molar-refractivity contribution in [1.29, 1.82) is 0 Å². The van der Waals surface area contributed by atoms with Gasteiger partial charge in [0.15, 0.2) is 5.96 Å². The monoisotopic (exact) mass is 423 g/mol. The number of hydrogen-bond acceptors (Lipinski definition) is 3. The van der Waals surface area contributed by atoms with Crippen molar-refractivity contribution in [2.24, 2.45) is 10.9 Å². The summed E-state index contributed by atoms with van der Waals surface area (Å²) in [5, 5.41) is 6.72. The highest BCUT2D eigenvalue weighted by atomic mass is 127. The average Bonchev–Trinajstić information content (AvgIpc) is 2.97. The highest BCUT2D eigenvalue weighted by molar-refractivity contribution is 14.0. The zero-order valence-electron chi connectivity index (χ0n) is 13.9. The SMILES string of the molecule is COCCCCNC(=NCC(C)C)NCCc1ccco1.I. The largest absolute Gasteiger partial charge is 0.469 e. The van der Waals surface area contributed by atoms with Gasteiger partial charge in [-0.1, -0.05) is 13.8 Å². The van der Waals surface area contributed by atoms with Crippen LogP contribution in [0, 0.1) is 5.92 Å². The van der Waals surface area contributed by atoms with Crippen molar-refractivity contribution in [3.8, 4) is 0 Å². The molecule has 128 valence electrons. The molecule has 0 saturated heterocycles. The molecule has 0 unspecified atom stereocenters. The van der Waals surface area contributed by atoms with Crippen LogP contribution in [0.15, 0.2) is 27.8 Å². The summed E-state index contributed by atoms with van der Waals surface area (Å²) >= 11 is 0. The molecule has 0 amide bonds. The third-order valence-corrected chi connectivity index (χ3v) is 2.93. The lowest BCUT2D eigenvalue weighted by Gasteiger charge is -2.13. The number of furan rings is 1. The van der Waals surface area contributed by atoms with E-state index in [-0.39, 0.29) is 24.0 Å². The van der Waals surface area contributed by atoms with Gasteiger partial charge in [0.05, 0.1) is 6.26 Å². The number of hydrogen-bond donors (Lipinski definition) is 2. The van der Waals surface area contributed by atoms with E-state index in [1.807, 2.05) is 12.1 Å².